The number of nitro benzene ring substituents is 1. The fourth-order valence-electron chi connectivity index (χ4n) is 1.04. The van der Waals surface area contributed by atoms with Gasteiger partial charge < -0.3 is 9.84 Å². The molecule has 7 heteroatoms. The molecule has 0 aliphatic carbocycles. The smallest absolute Gasteiger partial charge is 0.329 e. The monoisotopic (exact) mass is 275 g/mol. The van der Waals surface area contributed by atoms with Gasteiger partial charge in [0.2, 0.25) is 5.75 Å². The number of hydrogen-bond acceptors (Lipinski definition) is 5. The van der Waals surface area contributed by atoms with E-state index in [4.69, 9.17) is 4.74 Å². The molecular weight excluding hydrogens is 270 g/mol. The van der Waals surface area contributed by atoms with Gasteiger partial charge in [0, 0.05) is 5.56 Å². The van der Waals surface area contributed by atoms with Crippen molar-refractivity contribution in [3.05, 3.63) is 26.2 Å². The lowest BCUT2D eigenvalue weighted by Gasteiger charge is -2.06. The molecule has 0 heterocycles. The number of aldehydes is 1. The number of carbonyl (C=O) groups excluding carboxylic acids is 1. The first-order chi connectivity index (χ1) is 7.02. The largest absolute Gasteiger partial charge is 0.499 e. The van der Waals surface area contributed by atoms with E-state index >= 15 is 0 Å². The summed E-state index contributed by atoms with van der Waals surface area (Å²) in [6, 6.07) is 1.21. The maximum atomic E-state index is 10.6. The molecule has 0 aliphatic rings. The van der Waals surface area contributed by atoms with Gasteiger partial charge in [0.1, 0.15) is 4.47 Å². The molecule has 0 aliphatic heterocycles. The van der Waals surface area contributed by atoms with Gasteiger partial charge in [0.15, 0.2) is 12.0 Å². The molecule has 1 N–H and O–H groups in total. The van der Waals surface area contributed by atoms with Crippen LogP contribution in [0.1, 0.15) is 10.4 Å². The van der Waals surface area contributed by atoms with Gasteiger partial charge in [0.25, 0.3) is 0 Å². The topological polar surface area (TPSA) is 89.7 Å². The second-order valence-electron chi connectivity index (χ2n) is 2.55. The van der Waals surface area contributed by atoms with E-state index in [0.717, 1.165) is 0 Å². The van der Waals surface area contributed by atoms with E-state index in [1.165, 1.54) is 13.2 Å². The van der Waals surface area contributed by atoms with E-state index in [1.807, 2.05) is 0 Å². The number of benzene rings is 1. The second-order valence-corrected chi connectivity index (χ2v) is 3.35. The lowest BCUT2D eigenvalue weighted by Crippen LogP contribution is -1.96. The van der Waals surface area contributed by atoms with Crippen molar-refractivity contribution in [3.8, 4) is 11.5 Å². The zero-order valence-corrected chi connectivity index (χ0v) is 9.15. The van der Waals surface area contributed by atoms with Gasteiger partial charge in [-0.3, -0.25) is 14.9 Å². The number of methoxy groups -OCH3 is 1. The average molecular weight is 276 g/mol. The quantitative estimate of drug-likeness (QED) is 0.517. The van der Waals surface area contributed by atoms with Crippen LogP contribution in [0.2, 0.25) is 0 Å². The molecule has 0 spiro atoms. The molecule has 0 bridgehead atoms. The molecular formula is C8H6BrNO5. The highest BCUT2D eigenvalue weighted by Crippen LogP contribution is 2.42. The third-order valence-electron chi connectivity index (χ3n) is 1.74. The molecule has 80 valence electrons. The normalized spacial score (nSPS) is 9.73. The molecule has 15 heavy (non-hydrogen) atoms. The molecule has 1 rings (SSSR count). The molecule has 0 atom stereocenters. The summed E-state index contributed by atoms with van der Waals surface area (Å²) < 4.78 is 4.63. The van der Waals surface area contributed by atoms with E-state index in [-0.39, 0.29) is 15.8 Å². The van der Waals surface area contributed by atoms with Crippen LogP contribution in [-0.2, 0) is 0 Å². The Morgan fingerprint density at radius 2 is 2.27 bits per heavy atom. The number of halogens is 1. The highest BCUT2D eigenvalue weighted by molar-refractivity contribution is 9.10. The minimum absolute atomic E-state index is 0.0383. The molecule has 0 fully saturated rings. The third kappa shape index (κ3) is 1.91. The number of phenolic OH excluding ortho intramolecular Hbond substituents is 1. The molecule has 0 amide bonds. The van der Waals surface area contributed by atoms with Crippen molar-refractivity contribution < 1.29 is 19.6 Å². The summed E-state index contributed by atoms with van der Waals surface area (Å²) in [5.41, 5.74) is -0.548. The van der Waals surface area contributed by atoms with Gasteiger partial charge in [-0.2, -0.15) is 0 Å². The van der Waals surface area contributed by atoms with Crippen molar-refractivity contribution in [2.45, 2.75) is 0 Å². The van der Waals surface area contributed by atoms with Crippen LogP contribution in [0.25, 0.3) is 0 Å². The predicted octanol–water partition coefficient (Wildman–Crippen LogP) is 1.88. The SMILES string of the molecule is COc1cc(C=O)c(Br)c([N+](=O)[O-])c1O. The van der Waals surface area contributed by atoms with Crippen LogP contribution in [0.5, 0.6) is 11.5 Å². The van der Waals surface area contributed by atoms with Crippen LogP contribution < -0.4 is 4.74 Å². The Morgan fingerprint density at radius 3 is 2.67 bits per heavy atom. The van der Waals surface area contributed by atoms with E-state index in [2.05, 4.69) is 15.9 Å². The van der Waals surface area contributed by atoms with Crippen molar-refractivity contribution in [1.82, 2.24) is 0 Å². The van der Waals surface area contributed by atoms with Gasteiger partial charge >= 0.3 is 5.69 Å². The Morgan fingerprint density at radius 1 is 1.67 bits per heavy atom. The van der Waals surface area contributed by atoms with Gasteiger partial charge in [0.05, 0.1) is 12.0 Å². The average Bonchev–Trinajstić information content (AvgIpc) is 2.18. The highest BCUT2D eigenvalue weighted by Gasteiger charge is 2.25. The molecule has 0 radical (unpaired) electrons. The molecule has 0 aromatic heterocycles. The summed E-state index contributed by atoms with van der Waals surface area (Å²) in [7, 11) is 1.24. The summed E-state index contributed by atoms with van der Waals surface area (Å²) in [6.45, 7) is 0. The number of rotatable bonds is 3. The molecule has 1 aromatic rings. The third-order valence-corrected chi connectivity index (χ3v) is 2.57. The van der Waals surface area contributed by atoms with Crippen LogP contribution in [0.4, 0.5) is 5.69 Å². The molecule has 0 saturated heterocycles. The Labute approximate surface area is 92.8 Å². The van der Waals surface area contributed by atoms with Crippen molar-refractivity contribution >= 4 is 27.9 Å². The molecule has 0 unspecified atom stereocenters. The zero-order valence-electron chi connectivity index (χ0n) is 7.56. The van der Waals surface area contributed by atoms with Crippen LogP contribution in [0.3, 0.4) is 0 Å². The number of aromatic hydroxyl groups is 1. The maximum absolute atomic E-state index is 10.6. The lowest BCUT2D eigenvalue weighted by molar-refractivity contribution is -0.386. The van der Waals surface area contributed by atoms with Crippen molar-refractivity contribution in [1.29, 1.82) is 0 Å². The van der Waals surface area contributed by atoms with Crippen molar-refractivity contribution in [2.75, 3.05) is 7.11 Å². The first-order valence-electron chi connectivity index (χ1n) is 3.72. The Hall–Kier alpha value is -1.63. The summed E-state index contributed by atoms with van der Waals surface area (Å²) in [5, 5.41) is 20.1. The minimum atomic E-state index is -0.797. The number of phenols is 1. The second kappa shape index (κ2) is 4.26. The number of ether oxygens (including phenoxy) is 1. The predicted molar refractivity (Wildman–Crippen MR) is 54.4 cm³/mol. The number of nitro groups is 1. The van der Waals surface area contributed by atoms with Crippen LogP contribution in [0.15, 0.2) is 10.5 Å². The first-order valence-corrected chi connectivity index (χ1v) is 4.51. The van der Waals surface area contributed by atoms with E-state index in [1.54, 1.807) is 0 Å². The fraction of sp³-hybridized carbons (Fsp3) is 0.125. The zero-order chi connectivity index (χ0) is 11.6. The summed E-state index contributed by atoms with van der Waals surface area (Å²) in [5.74, 6) is -0.730. The van der Waals surface area contributed by atoms with E-state index < -0.39 is 16.4 Å². The summed E-state index contributed by atoms with van der Waals surface area (Å²) in [6.07, 6.45) is 0.430. The van der Waals surface area contributed by atoms with E-state index in [9.17, 15) is 20.0 Å². The van der Waals surface area contributed by atoms with Gasteiger partial charge in [-0.05, 0) is 22.0 Å². The summed E-state index contributed by atoms with van der Waals surface area (Å²) in [4.78, 5) is 20.4. The first kappa shape index (κ1) is 11.4. The van der Waals surface area contributed by atoms with Gasteiger partial charge in [-0.1, -0.05) is 0 Å². The molecule has 0 saturated carbocycles. The van der Waals surface area contributed by atoms with E-state index in [0.29, 0.717) is 6.29 Å². The number of hydrogen-bond donors (Lipinski definition) is 1. The Balaban J connectivity index is 3.60. The number of carbonyl (C=O) groups is 1. The maximum Gasteiger partial charge on any atom is 0.329 e. The van der Waals surface area contributed by atoms with Crippen LogP contribution >= 0.6 is 15.9 Å². The van der Waals surface area contributed by atoms with Crippen molar-refractivity contribution in [2.24, 2.45) is 0 Å². The standard InChI is InChI=1S/C8H6BrNO5/c1-15-5-2-4(3-11)6(9)7(8(5)12)10(13)14/h2-3,12H,1H3. The van der Waals surface area contributed by atoms with Gasteiger partial charge in [-0.25, -0.2) is 0 Å². The highest BCUT2D eigenvalue weighted by atomic mass is 79.9. The minimum Gasteiger partial charge on any atom is -0.499 e. The lowest BCUT2D eigenvalue weighted by atomic mass is 10.2. The van der Waals surface area contributed by atoms with Gasteiger partial charge in [-0.15, -0.1) is 0 Å². The van der Waals surface area contributed by atoms with Crippen LogP contribution in [-0.4, -0.2) is 23.4 Å². The number of nitrogens with zero attached hydrogens (tertiary/aromatic N) is 1. The molecule has 6 nitrogen and oxygen atoms in total. The summed E-state index contributed by atoms with van der Waals surface area (Å²) >= 11 is 2.87. The van der Waals surface area contributed by atoms with Crippen molar-refractivity contribution in [3.63, 3.8) is 0 Å². The Bertz CT molecular complexity index is 432. The van der Waals surface area contributed by atoms with Crippen LogP contribution in [0, 0.1) is 10.1 Å². The molecule has 1 aromatic carbocycles. The Kier molecular flexibility index (Phi) is 3.25. The fourth-order valence-corrected chi connectivity index (χ4v) is 1.58.